The van der Waals surface area contributed by atoms with Crippen LogP contribution >= 0.6 is 0 Å². The molecule has 0 aliphatic heterocycles. The van der Waals surface area contributed by atoms with Crippen LogP contribution in [0.2, 0.25) is 0 Å². The third-order valence-corrected chi connectivity index (χ3v) is 9.71. The van der Waals surface area contributed by atoms with E-state index in [4.69, 9.17) is 14.2 Å². The maximum atomic E-state index is 12.6. The summed E-state index contributed by atoms with van der Waals surface area (Å²) >= 11 is 0. The maximum Gasteiger partial charge on any atom is 0.306 e. The van der Waals surface area contributed by atoms with Crippen molar-refractivity contribution in [3.8, 4) is 0 Å². The van der Waals surface area contributed by atoms with Gasteiger partial charge in [-0.15, -0.1) is 0 Å². The monoisotopic (exact) mass is 733 g/mol. The van der Waals surface area contributed by atoms with Gasteiger partial charge in [-0.2, -0.15) is 0 Å². The molecule has 0 rings (SSSR count). The van der Waals surface area contributed by atoms with Crippen molar-refractivity contribution in [1.82, 2.24) is 0 Å². The first-order chi connectivity index (χ1) is 25.5. The predicted octanol–water partition coefficient (Wildman–Crippen LogP) is 14.0. The van der Waals surface area contributed by atoms with Crippen molar-refractivity contribution in [2.75, 3.05) is 13.2 Å². The van der Waals surface area contributed by atoms with Gasteiger partial charge in [-0.25, -0.2) is 0 Å². The predicted molar refractivity (Wildman–Crippen MR) is 219 cm³/mol. The summed E-state index contributed by atoms with van der Waals surface area (Å²) in [5.41, 5.74) is 0. The van der Waals surface area contributed by atoms with E-state index in [-0.39, 0.29) is 31.1 Å². The first-order valence-corrected chi connectivity index (χ1v) is 22.3. The van der Waals surface area contributed by atoms with Crippen LogP contribution in [-0.2, 0) is 28.6 Å². The molecule has 0 N–H and O–H groups in total. The van der Waals surface area contributed by atoms with Gasteiger partial charge in [0.15, 0.2) is 6.10 Å². The Labute approximate surface area is 322 Å². The fraction of sp³-hybridized carbons (Fsp3) is 0.848. The molecule has 0 amide bonds. The van der Waals surface area contributed by atoms with E-state index in [2.05, 4.69) is 45.1 Å². The Bertz CT molecular complexity index is 850. The highest BCUT2D eigenvalue weighted by Gasteiger charge is 2.19. The fourth-order valence-corrected chi connectivity index (χ4v) is 6.29. The minimum absolute atomic E-state index is 0.0708. The van der Waals surface area contributed by atoms with E-state index >= 15 is 0 Å². The molecule has 0 heterocycles. The number of rotatable bonds is 40. The molecule has 0 saturated carbocycles. The Balaban J connectivity index is 4.26. The molecule has 0 aromatic heterocycles. The van der Waals surface area contributed by atoms with Crippen LogP contribution in [0.15, 0.2) is 24.3 Å². The largest absolute Gasteiger partial charge is 0.462 e. The van der Waals surface area contributed by atoms with Crippen molar-refractivity contribution < 1.29 is 28.6 Å². The third kappa shape index (κ3) is 39.1. The summed E-state index contributed by atoms with van der Waals surface area (Å²) in [5, 5.41) is 0. The number of carbonyl (C=O) groups is 3. The Morgan fingerprint density at radius 1 is 0.385 bits per heavy atom. The summed E-state index contributed by atoms with van der Waals surface area (Å²) < 4.78 is 16.6. The van der Waals surface area contributed by atoms with Crippen LogP contribution < -0.4 is 0 Å². The van der Waals surface area contributed by atoms with Crippen molar-refractivity contribution in [3.63, 3.8) is 0 Å². The summed E-state index contributed by atoms with van der Waals surface area (Å²) in [6, 6.07) is 0. The van der Waals surface area contributed by atoms with Crippen LogP contribution in [0.5, 0.6) is 0 Å². The van der Waals surface area contributed by atoms with E-state index in [0.717, 1.165) is 70.6 Å². The minimum Gasteiger partial charge on any atom is -0.462 e. The Kier molecular flexibility index (Phi) is 40.0. The lowest BCUT2D eigenvalue weighted by atomic mass is 10.1. The molecule has 0 bridgehead atoms. The lowest BCUT2D eigenvalue weighted by Crippen LogP contribution is -2.30. The van der Waals surface area contributed by atoms with Gasteiger partial charge in [0.05, 0.1) is 0 Å². The summed E-state index contributed by atoms with van der Waals surface area (Å²) in [6.45, 7) is 6.55. The zero-order chi connectivity index (χ0) is 38.0. The highest BCUT2D eigenvalue weighted by Crippen LogP contribution is 2.14. The zero-order valence-corrected chi connectivity index (χ0v) is 34.6. The fourth-order valence-electron chi connectivity index (χ4n) is 6.29. The number of unbranched alkanes of at least 4 members (excludes halogenated alkanes) is 25. The van der Waals surface area contributed by atoms with Crippen LogP contribution in [0.4, 0.5) is 0 Å². The molecule has 304 valence electrons. The third-order valence-electron chi connectivity index (χ3n) is 9.71. The zero-order valence-electron chi connectivity index (χ0n) is 34.6. The SMILES string of the molecule is CCCCC/C=C\C/C=C\CCCCCCCCCC(=O)OCC(COC(=O)CCCCCCCCCC)OC(=O)CCCCCCCCCCC. The molecule has 0 spiro atoms. The van der Waals surface area contributed by atoms with Crippen LogP contribution in [-0.4, -0.2) is 37.2 Å². The molecule has 1 unspecified atom stereocenters. The number of carbonyl (C=O) groups excluding carboxylic acids is 3. The van der Waals surface area contributed by atoms with Gasteiger partial charge >= 0.3 is 17.9 Å². The molecule has 0 aliphatic carbocycles. The van der Waals surface area contributed by atoms with Gasteiger partial charge in [-0.1, -0.05) is 186 Å². The van der Waals surface area contributed by atoms with Gasteiger partial charge in [0.25, 0.3) is 0 Å². The Morgan fingerprint density at radius 2 is 0.692 bits per heavy atom. The lowest BCUT2D eigenvalue weighted by molar-refractivity contribution is -0.167. The number of ether oxygens (including phenoxy) is 3. The molecular weight excluding hydrogens is 648 g/mol. The van der Waals surface area contributed by atoms with Gasteiger partial charge in [0.1, 0.15) is 13.2 Å². The Hall–Kier alpha value is -2.11. The van der Waals surface area contributed by atoms with Gasteiger partial charge < -0.3 is 14.2 Å². The van der Waals surface area contributed by atoms with Gasteiger partial charge in [-0.3, -0.25) is 14.4 Å². The smallest absolute Gasteiger partial charge is 0.306 e. The number of hydrogen-bond acceptors (Lipinski definition) is 6. The molecule has 52 heavy (non-hydrogen) atoms. The second-order valence-corrected chi connectivity index (χ2v) is 15.0. The lowest BCUT2D eigenvalue weighted by Gasteiger charge is -2.18. The molecule has 0 radical (unpaired) electrons. The summed E-state index contributed by atoms with van der Waals surface area (Å²) in [6.07, 6.45) is 44.5. The molecule has 0 aromatic carbocycles. The normalized spacial score (nSPS) is 12.1. The topological polar surface area (TPSA) is 78.9 Å². The van der Waals surface area contributed by atoms with Gasteiger partial charge in [0, 0.05) is 19.3 Å². The standard InChI is InChI=1S/C46H84O6/c1-4-7-10-13-16-19-20-21-22-23-24-25-26-28-30-33-36-39-45(48)51-42-43(41-50-44(47)38-35-32-29-18-15-12-9-6-3)52-46(49)40-37-34-31-27-17-14-11-8-5-2/h16,19,21-22,43H,4-15,17-18,20,23-42H2,1-3H3/b19-16-,22-21-. The quantitative estimate of drug-likeness (QED) is 0.0270. The van der Waals surface area contributed by atoms with Crippen LogP contribution in [0.1, 0.15) is 233 Å². The molecule has 1 atom stereocenters. The van der Waals surface area contributed by atoms with Crippen molar-refractivity contribution in [2.45, 2.75) is 239 Å². The van der Waals surface area contributed by atoms with E-state index in [1.54, 1.807) is 0 Å². The van der Waals surface area contributed by atoms with Crippen molar-refractivity contribution in [3.05, 3.63) is 24.3 Å². The number of esters is 3. The summed E-state index contributed by atoms with van der Waals surface area (Å²) in [5.74, 6) is -0.882. The average molecular weight is 733 g/mol. The molecule has 0 fully saturated rings. The first-order valence-electron chi connectivity index (χ1n) is 22.3. The first kappa shape index (κ1) is 49.9. The van der Waals surface area contributed by atoms with Crippen LogP contribution in [0.3, 0.4) is 0 Å². The highest BCUT2D eigenvalue weighted by atomic mass is 16.6. The van der Waals surface area contributed by atoms with Gasteiger partial charge in [0.2, 0.25) is 0 Å². The average Bonchev–Trinajstić information content (AvgIpc) is 3.14. The van der Waals surface area contributed by atoms with Gasteiger partial charge in [-0.05, 0) is 51.4 Å². The van der Waals surface area contributed by atoms with E-state index in [0.29, 0.717) is 19.3 Å². The maximum absolute atomic E-state index is 12.6. The van der Waals surface area contributed by atoms with Crippen molar-refractivity contribution in [1.29, 1.82) is 0 Å². The minimum atomic E-state index is -0.764. The molecule has 0 saturated heterocycles. The van der Waals surface area contributed by atoms with E-state index < -0.39 is 6.10 Å². The molecule has 0 aliphatic rings. The van der Waals surface area contributed by atoms with Crippen LogP contribution in [0, 0.1) is 0 Å². The highest BCUT2D eigenvalue weighted by molar-refractivity contribution is 5.71. The second-order valence-electron chi connectivity index (χ2n) is 15.0. The van der Waals surface area contributed by atoms with E-state index in [1.807, 2.05) is 0 Å². The molecule has 0 aromatic rings. The molecular formula is C46H84O6. The van der Waals surface area contributed by atoms with Crippen molar-refractivity contribution in [2.24, 2.45) is 0 Å². The molecule has 6 nitrogen and oxygen atoms in total. The summed E-state index contributed by atoms with van der Waals surface area (Å²) in [7, 11) is 0. The molecule has 6 heteroatoms. The number of hydrogen-bond donors (Lipinski definition) is 0. The van der Waals surface area contributed by atoms with E-state index in [1.165, 1.54) is 122 Å². The van der Waals surface area contributed by atoms with Crippen LogP contribution in [0.25, 0.3) is 0 Å². The van der Waals surface area contributed by atoms with E-state index in [9.17, 15) is 14.4 Å². The second kappa shape index (κ2) is 41.6. The number of allylic oxidation sites excluding steroid dienone is 4. The summed E-state index contributed by atoms with van der Waals surface area (Å²) in [4.78, 5) is 37.5. The Morgan fingerprint density at radius 3 is 1.10 bits per heavy atom. The van der Waals surface area contributed by atoms with Crippen molar-refractivity contribution >= 4 is 17.9 Å².